The highest BCUT2D eigenvalue weighted by atomic mass is 32.2. The lowest BCUT2D eigenvalue weighted by Gasteiger charge is -2.12. The molecule has 6 nitrogen and oxygen atoms in total. The maximum atomic E-state index is 10.9. The predicted octanol–water partition coefficient (Wildman–Crippen LogP) is 0.655. The molecule has 90 valence electrons. The zero-order valence-corrected chi connectivity index (χ0v) is 10.5. The number of aromatic nitrogens is 3. The third kappa shape index (κ3) is 2.88. The minimum Gasteiger partial charge on any atom is -0.369 e. The van der Waals surface area contributed by atoms with Crippen molar-refractivity contribution >= 4 is 23.6 Å². The molecular formula is C9H17N5OS. The van der Waals surface area contributed by atoms with Gasteiger partial charge >= 0.3 is 0 Å². The summed E-state index contributed by atoms with van der Waals surface area (Å²) in [4.78, 5) is 10.9. The number of carbonyl (C=O) groups is 1. The number of anilines is 1. The summed E-state index contributed by atoms with van der Waals surface area (Å²) in [7, 11) is 0. The summed E-state index contributed by atoms with van der Waals surface area (Å²) in [6.07, 6.45) is 0. The molecule has 0 aromatic carbocycles. The van der Waals surface area contributed by atoms with Crippen molar-refractivity contribution in [1.29, 1.82) is 0 Å². The zero-order valence-electron chi connectivity index (χ0n) is 9.67. The van der Waals surface area contributed by atoms with Crippen LogP contribution in [0.5, 0.6) is 0 Å². The number of nitrogens with zero attached hydrogens (tertiary/aromatic N) is 3. The van der Waals surface area contributed by atoms with E-state index in [0.717, 1.165) is 5.16 Å². The zero-order chi connectivity index (χ0) is 12.3. The number of hydrogen-bond donors (Lipinski definition) is 2. The average molecular weight is 243 g/mol. The molecule has 1 atom stereocenters. The van der Waals surface area contributed by atoms with Crippen LogP contribution in [-0.4, -0.2) is 26.4 Å². The standard InChI is InChI=1S/C9H17N5OS/c1-5(2)14-8(11)12-13-9(14)16-4-6(3)7(10)15/h5-6H,4H2,1-3H3,(H2,10,15)(H2,11,12). The highest BCUT2D eigenvalue weighted by Crippen LogP contribution is 2.24. The summed E-state index contributed by atoms with van der Waals surface area (Å²) in [5, 5.41) is 8.50. The summed E-state index contributed by atoms with van der Waals surface area (Å²) in [5.74, 6) is 0.476. The Kier molecular flexibility index (Phi) is 4.17. The van der Waals surface area contributed by atoms with E-state index in [1.54, 1.807) is 6.92 Å². The third-order valence-electron chi connectivity index (χ3n) is 2.16. The van der Waals surface area contributed by atoms with E-state index in [4.69, 9.17) is 11.5 Å². The van der Waals surface area contributed by atoms with Crippen molar-refractivity contribution in [3.8, 4) is 0 Å². The Morgan fingerprint density at radius 3 is 2.56 bits per heavy atom. The lowest BCUT2D eigenvalue weighted by molar-refractivity contribution is -0.120. The summed E-state index contributed by atoms with van der Waals surface area (Å²) < 4.78 is 1.83. The van der Waals surface area contributed by atoms with Gasteiger partial charge in [0, 0.05) is 17.7 Å². The fourth-order valence-corrected chi connectivity index (χ4v) is 2.26. The van der Waals surface area contributed by atoms with Crippen LogP contribution >= 0.6 is 11.8 Å². The fourth-order valence-electron chi connectivity index (χ4n) is 1.15. The number of rotatable bonds is 5. The quantitative estimate of drug-likeness (QED) is 0.740. The van der Waals surface area contributed by atoms with Gasteiger partial charge in [0.1, 0.15) is 0 Å². The van der Waals surface area contributed by atoms with E-state index in [1.807, 2.05) is 18.4 Å². The van der Waals surface area contributed by atoms with Crippen LogP contribution in [0, 0.1) is 5.92 Å². The van der Waals surface area contributed by atoms with Crippen LogP contribution in [0.2, 0.25) is 0 Å². The Bertz CT molecular complexity index is 376. The first-order chi connectivity index (χ1) is 7.43. The van der Waals surface area contributed by atoms with Crippen molar-refractivity contribution in [1.82, 2.24) is 14.8 Å². The molecule has 0 aliphatic heterocycles. The smallest absolute Gasteiger partial charge is 0.222 e. The van der Waals surface area contributed by atoms with Crippen LogP contribution in [0.25, 0.3) is 0 Å². The molecule has 4 N–H and O–H groups in total. The van der Waals surface area contributed by atoms with Crippen molar-refractivity contribution in [3.63, 3.8) is 0 Å². The van der Waals surface area contributed by atoms with Crippen LogP contribution in [0.1, 0.15) is 26.8 Å². The molecule has 1 aromatic rings. The highest BCUT2D eigenvalue weighted by Gasteiger charge is 2.15. The van der Waals surface area contributed by atoms with Crippen LogP contribution in [-0.2, 0) is 4.79 Å². The Hall–Kier alpha value is -1.24. The van der Waals surface area contributed by atoms with Crippen LogP contribution in [0.4, 0.5) is 5.95 Å². The second-order valence-corrected chi connectivity index (χ2v) is 4.91. The van der Waals surface area contributed by atoms with Gasteiger partial charge in [-0.3, -0.25) is 9.36 Å². The average Bonchev–Trinajstić information content (AvgIpc) is 2.55. The molecule has 0 saturated heterocycles. The first kappa shape index (κ1) is 12.8. The Balaban J connectivity index is 2.71. The van der Waals surface area contributed by atoms with Crippen molar-refractivity contribution < 1.29 is 4.79 Å². The second-order valence-electron chi connectivity index (χ2n) is 3.92. The minimum absolute atomic E-state index is 0.191. The number of primary amides is 1. The van der Waals surface area contributed by atoms with Gasteiger partial charge in [0.05, 0.1) is 0 Å². The first-order valence-corrected chi connectivity index (χ1v) is 6.04. The maximum absolute atomic E-state index is 10.9. The summed E-state index contributed by atoms with van der Waals surface area (Å²) in [6.45, 7) is 5.79. The summed E-state index contributed by atoms with van der Waals surface area (Å²) >= 11 is 1.44. The van der Waals surface area contributed by atoms with Crippen LogP contribution in [0.3, 0.4) is 0 Å². The molecule has 0 saturated carbocycles. The highest BCUT2D eigenvalue weighted by molar-refractivity contribution is 7.99. The number of hydrogen-bond acceptors (Lipinski definition) is 5. The third-order valence-corrected chi connectivity index (χ3v) is 3.36. The molecule has 16 heavy (non-hydrogen) atoms. The van der Waals surface area contributed by atoms with E-state index >= 15 is 0 Å². The lowest BCUT2D eigenvalue weighted by Crippen LogP contribution is -2.22. The molecule has 0 spiro atoms. The van der Waals surface area contributed by atoms with Gasteiger partial charge in [0.15, 0.2) is 5.16 Å². The maximum Gasteiger partial charge on any atom is 0.222 e. The van der Waals surface area contributed by atoms with E-state index < -0.39 is 0 Å². The molecule has 1 aromatic heterocycles. The van der Waals surface area contributed by atoms with Crippen LogP contribution < -0.4 is 11.5 Å². The van der Waals surface area contributed by atoms with Crippen molar-refractivity contribution in [2.75, 3.05) is 11.5 Å². The van der Waals surface area contributed by atoms with E-state index in [9.17, 15) is 4.79 Å². The fraction of sp³-hybridized carbons (Fsp3) is 0.667. The van der Waals surface area contributed by atoms with Crippen LogP contribution in [0.15, 0.2) is 5.16 Å². The largest absolute Gasteiger partial charge is 0.369 e. The van der Waals surface area contributed by atoms with E-state index in [0.29, 0.717) is 11.7 Å². The monoisotopic (exact) mass is 243 g/mol. The molecular weight excluding hydrogens is 226 g/mol. The predicted molar refractivity (Wildman–Crippen MR) is 63.9 cm³/mol. The molecule has 0 aliphatic rings. The van der Waals surface area contributed by atoms with Gasteiger partial charge in [-0.05, 0) is 13.8 Å². The molecule has 0 bridgehead atoms. The molecule has 0 aliphatic carbocycles. The minimum atomic E-state index is -0.309. The Morgan fingerprint density at radius 1 is 1.44 bits per heavy atom. The molecule has 1 unspecified atom stereocenters. The number of carbonyl (C=O) groups excluding carboxylic acids is 1. The van der Waals surface area contributed by atoms with Crippen molar-refractivity contribution in [2.24, 2.45) is 11.7 Å². The summed E-state index contributed by atoms with van der Waals surface area (Å²) in [5.41, 5.74) is 10.9. The molecule has 7 heteroatoms. The Morgan fingerprint density at radius 2 is 2.06 bits per heavy atom. The number of nitrogens with two attached hydrogens (primary N) is 2. The number of amides is 1. The second kappa shape index (κ2) is 5.20. The first-order valence-electron chi connectivity index (χ1n) is 5.06. The van der Waals surface area contributed by atoms with E-state index in [-0.39, 0.29) is 17.9 Å². The van der Waals surface area contributed by atoms with Gasteiger partial charge in [0.25, 0.3) is 0 Å². The number of nitrogen functional groups attached to an aromatic ring is 1. The SMILES string of the molecule is CC(CSc1nnc(N)n1C(C)C)C(N)=O. The van der Waals surface area contributed by atoms with E-state index in [1.165, 1.54) is 11.8 Å². The van der Waals surface area contributed by atoms with Crippen molar-refractivity contribution in [2.45, 2.75) is 32.0 Å². The summed E-state index contributed by atoms with van der Waals surface area (Å²) in [6, 6.07) is 0.196. The normalized spacial score (nSPS) is 13.0. The lowest BCUT2D eigenvalue weighted by atomic mass is 10.2. The van der Waals surface area contributed by atoms with Gasteiger partial charge in [-0.2, -0.15) is 0 Å². The number of thioether (sulfide) groups is 1. The molecule has 1 amide bonds. The van der Waals surface area contributed by atoms with E-state index in [2.05, 4.69) is 10.2 Å². The van der Waals surface area contributed by atoms with Gasteiger partial charge in [-0.15, -0.1) is 10.2 Å². The van der Waals surface area contributed by atoms with Gasteiger partial charge < -0.3 is 11.5 Å². The molecule has 0 fully saturated rings. The Labute approximate surface area is 98.8 Å². The van der Waals surface area contributed by atoms with Gasteiger partial charge in [0.2, 0.25) is 11.9 Å². The van der Waals surface area contributed by atoms with Crippen molar-refractivity contribution in [3.05, 3.63) is 0 Å². The topological polar surface area (TPSA) is 99.8 Å². The van der Waals surface area contributed by atoms with Gasteiger partial charge in [-0.25, -0.2) is 0 Å². The van der Waals surface area contributed by atoms with Gasteiger partial charge in [-0.1, -0.05) is 18.7 Å². The molecule has 1 heterocycles. The molecule has 0 radical (unpaired) electrons. The molecule has 1 rings (SSSR count).